The molecule has 154 valence electrons. The number of nitrogens with one attached hydrogen (secondary N) is 1. The van der Waals surface area contributed by atoms with Gasteiger partial charge in [-0.2, -0.15) is 0 Å². The van der Waals surface area contributed by atoms with Crippen molar-refractivity contribution in [2.75, 3.05) is 35.5 Å². The molecule has 0 aliphatic carbocycles. The molecule has 0 saturated heterocycles. The smallest absolute Gasteiger partial charge is 0.354 e. The Bertz CT molecular complexity index is 1000. The molecule has 0 bridgehead atoms. The second-order valence-corrected chi connectivity index (χ2v) is 6.09. The Hall–Kier alpha value is -3.55. The molecule has 3 rings (SSSR count). The van der Waals surface area contributed by atoms with Crippen molar-refractivity contribution < 1.29 is 33.2 Å². The van der Waals surface area contributed by atoms with Crippen molar-refractivity contribution in [1.82, 2.24) is 4.98 Å². The van der Waals surface area contributed by atoms with Crippen LogP contribution in [0, 0.1) is 0 Å². The molecule has 1 aromatic heterocycles. The number of hydrogen-bond acceptors (Lipinski definition) is 7. The van der Waals surface area contributed by atoms with Gasteiger partial charge in [0, 0.05) is 11.5 Å². The summed E-state index contributed by atoms with van der Waals surface area (Å²) in [6, 6.07) is 8.91. The second kappa shape index (κ2) is 8.64. The number of methoxy groups -OCH3 is 5. The summed E-state index contributed by atoms with van der Waals surface area (Å²) in [5.41, 5.74) is 1.92. The maximum atomic E-state index is 11.8. The average Bonchev–Trinajstić information content (AvgIpc) is 3.18. The summed E-state index contributed by atoms with van der Waals surface area (Å²) < 4.78 is 32.3. The Balaban J connectivity index is 1.90. The molecular formula is C21H23NO7. The van der Waals surface area contributed by atoms with Crippen LogP contribution in [0.15, 0.2) is 30.3 Å². The lowest BCUT2D eigenvalue weighted by Crippen LogP contribution is -2.01. The van der Waals surface area contributed by atoms with Gasteiger partial charge in [-0.25, -0.2) is 4.79 Å². The molecule has 0 aliphatic rings. The number of H-pyrrole nitrogens is 1. The highest BCUT2D eigenvalue weighted by Gasteiger charge is 2.16. The highest BCUT2D eigenvalue weighted by molar-refractivity contribution is 5.95. The summed E-state index contributed by atoms with van der Waals surface area (Å²) >= 11 is 0. The Kier molecular flexibility index (Phi) is 6.01. The fraction of sp³-hybridized carbons (Fsp3) is 0.286. The summed E-state index contributed by atoms with van der Waals surface area (Å²) in [6.45, 7) is 0.243. The van der Waals surface area contributed by atoms with Crippen molar-refractivity contribution in [1.29, 1.82) is 0 Å². The molecule has 2 aromatic carbocycles. The minimum atomic E-state index is -0.444. The van der Waals surface area contributed by atoms with Crippen molar-refractivity contribution in [3.63, 3.8) is 0 Å². The number of aromatic amines is 1. The Morgan fingerprint density at radius 1 is 0.793 bits per heavy atom. The van der Waals surface area contributed by atoms with Gasteiger partial charge in [0.2, 0.25) is 5.75 Å². The first kappa shape index (κ1) is 20.2. The minimum absolute atomic E-state index is 0.243. The number of carbonyl (C=O) groups excluding carboxylic acids is 1. The fourth-order valence-corrected chi connectivity index (χ4v) is 3.01. The molecule has 3 aromatic rings. The molecule has 0 aliphatic heterocycles. The normalized spacial score (nSPS) is 10.5. The van der Waals surface area contributed by atoms with E-state index in [0.29, 0.717) is 34.4 Å². The van der Waals surface area contributed by atoms with E-state index in [1.54, 1.807) is 46.6 Å². The zero-order chi connectivity index (χ0) is 21.0. The third kappa shape index (κ3) is 4.01. The molecule has 1 N–H and O–H groups in total. The van der Waals surface area contributed by atoms with Crippen molar-refractivity contribution in [3.05, 3.63) is 41.6 Å². The molecule has 0 unspecified atom stereocenters. The minimum Gasteiger partial charge on any atom is -0.493 e. The molecule has 8 nitrogen and oxygen atoms in total. The number of hydrogen-bond donors (Lipinski definition) is 1. The third-order valence-electron chi connectivity index (χ3n) is 4.43. The van der Waals surface area contributed by atoms with E-state index in [2.05, 4.69) is 4.98 Å². The second-order valence-electron chi connectivity index (χ2n) is 6.09. The van der Waals surface area contributed by atoms with Crippen LogP contribution in [0.5, 0.6) is 28.7 Å². The average molecular weight is 401 g/mol. The Labute approximate surface area is 168 Å². The summed E-state index contributed by atoms with van der Waals surface area (Å²) in [5.74, 6) is 2.22. The number of rotatable bonds is 8. The van der Waals surface area contributed by atoms with Crippen LogP contribution in [0.4, 0.5) is 0 Å². The monoisotopic (exact) mass is 401 g/mol. The highest BCUT2D eigenvalue weighted by Crippen LogP contribution is 2.39. The quantitative estimate of drug-likeness (QED) is 0.577. The first-order valence-corrected chi connectivity index (χ1v) is 8.75. The topological polar surface area (TPSA) is 88.2 Å². The number of aromatic nitrogens is 1. The van der Waals surface area contributed by atoms with Crippen LogP contribution in [0.25, 0.3) is 10.9 Å². The van der Waals surface area contributed by atoms with Crippen molar-refractivity contribution in [2.24, 2.45) is 0 Å². The summed E-state index contributed by atoms with van der Waals surface area (Å²) in [5, 5.41) is 0.797. The molecule has 0 spiro atoms. The van der Waals surface area contributed by atoms with Gasteiger partial charge in [-0.15, -0.1) is 0 Å². The Morgan fingerprint density at radius 2 is 1.45 bits per heavy atom. The van der Waals surface area contributed by atoms with E-state index in [-0.39, 0.29) is 6.61 Å². The molecule has 0 amide bonds. The van der Waals surface area contributed by atoms with Crippen LogP contribution >= 0.6 is 0 Å². The largest absolute Gasteiger partial charge is 0.493 e. The van der Waals surface area contributed by atoms with Gasteiger partial charge in [-0.1, -0.05) is 0 Å². The van der Waals surface area contributed by atoms with E-state index in [9.17, 15) is 4.79 Å². The van der Waals surface area contributed by atoms with Crippen molar-refractivity contribution >= 4 is 16.9 Å². The Morgan fingerprint density at radius 3 is 2.00 bits per heavy atom. The van der Waals surface area contributed by atoms with Gasteiger partial charge >= 0.3 is 5.97 Å². The van der Waals surface area contributed by atoms with E-state index < -0.39 is 5.97 Å². The number of esters is 1. The highest BCUT2D eigenvalue weighted by atomic mass is 16.5. The van der Waals surface area contributed by atoms with Gasteiger partial charge in [0.1, 0.15) is 12.3 Å². The van der Waals surface area contributed by atoms with E-state index in [4.69, 9.17) is 28.4 Å². The third-order valence-corrected chi connectivity index (χ3v) is 4.43. The van der Waals surface area contributed by atoms with Crippen LogP contribution in [0.1, 0.15) is 16.1 Å². The molecule has 8 heteroatoms. The van der Waals surface area contributed by atoms with Gasteiger partial charge in [-0.05, 0) is 29.8 Å². The lowest BCUT2D eigenvalue weighted by molar-refractivity contribution is 0.0595. The van der Waals surface area contributed by atoms with Crippen LogP contribution < -0.4 is 23.7 Å². The molecule has 0 radical (unpaired) electrons. The summed E-state index contributed by atoms with van der Waals surface area (Å²) in [4.78, 5) is 14.8. The van der Waals surface area contributed by atoms with Gasteiger partial charge in [0.25, 0.3) is 0 Å². The van der Waals surface area contributed by atoms with E-state index in [1.807, 2.05) is 12.1 Å². The van der Waals surface area contributed by atoms with Crippen molar-refractivity contribution in [2.45, 2.75) is 6.61 Å². The van der Waals surface area contributed by atoms with Gasteiger partial charge < -0.3 is 33.4 Å². The first-order valence-electron chi connectivity index (χ1n) is 8.75. The standard InChI is InChI=1S/C21H23NO7/c1-24-16-10-14-13(8-15(22-14)21(23)28-5)9-17(16)29-11-12-6-18(25-2)20(27-4)19(7-12)26-3/h6-10,22H,11H2,1-5H3. The van der Waals surface area contributed by atoms with Gasteiger partial charge in [0.15, 0.2) is 23.0 Å². The molecule has 0 atom stereocenters. The van der Waals surface area contributed by atoms with Crippen LogP contribution in [-0.2, 0) is 11.3 Å². The predicted octanol–water partition coefficient (Wildman–Crippen LogP) is 3.57. The molecular weight excluding hydrogens is 378 g/mol. The summed E-state index contributed by atoms with van der Waals surface area (Å²) in [6.07, 6.45) is 0. The molecule has 29 heavy (non-hydrogen) atoms. The molecule has 1 heterocycles. The lowest BCUT2D eigenvalue weighted by atomic mass is 10.2. The van der Waals surface area contributed by atoms with Crippen molar-refractivity contribution in [3.8, 4) is 28.7 Å². The zero-order valence-corrected chi connectivity index (χ0v) is 17.0. The van der Waals surface area contributed by atoms with Crippen LogP contribution in [0.3, 0.4) is 0 Å². The van der Waals surface area contributed by atoms with Crippen LogP contribution in [0.2, 0.25) is 0 Å². The molecule has 0 fully saturated rings. The SMILES string of the molecule is COC(=O)c1cc2cc(OCc3cc(OC)c(OC)c(OC)c3)c(OC)cc2[nH]1. The maximum absolute atomic E-state index is 11.8. The number of benzene rings is 2. The fourth-order valence-electron chi connectivity index (χ4n) is 3.01. The van der Waals surface area contributed by atoms with E-state index >= 15 is 0 Å². The van der Waals surface area contributed by atoms with E-state index in [0.717, 1.165) is 16.5 Å². The lowest BCUT2D eigenvalue weighted by Gasteiger charge is -2.15. The number of ether oxygens (including phenoxy) is 6. The summed E-state index contributed by atoms with van der Waals surface area (Å²) in [7, 11) is 7.56. The van der Waals surface area contributed by atoms with Gasteiger partial charge in [0.05, 0.1) is 41.1 Å². The maximum Gasteiger partial charge on any atom is 0.354 e. The van der Waals surface area contributed by atoms with Crippen LogP contribution in [-0.4, -0.2) is 46.5 Å². The van der Waals surface area contributed by atoms with Gasteiger partial charge in [-0.3, -0.25) is 0 Å². The number of fused-ring (bicyclic) bond motifs is 1. The zero-order valence-electron chi connectivity index (χ0n) is 17.0. The predicted molar refractivity (Wildman–Crippen MR) is 107 cm³/mol. The van der Waals surface area contributed by atoms with E-state index in [1.165, 1.54) is 7.11 Å². The molecule has 0 saturated carbocycles. The first-order chi connectivity index (χ1) is 14.0. The number of carbonyl (C=O) groups is 1.